The summed E-state index contributed by atoms with van der Waals surface area (Å²) in [5, 5.41) is 26.9. The summed E-state index contributed by atoms with van der Waals surface area (Å²) in [5.41, 5.74) is 0. The van der Waals surface area contributed by atoms with Crippen LogP contribution in [0.3, 0.4) is 0 Å². The van der Waals surface area contributed by atoms with E-state index >= 15 is 0 Å². The van der Waals surface area contributed by atoms with Gasteiger partial charge in [-0.3, -0.25) is 9.59 Å². The largest absolute Gasteiger partial charge is 0.481 e. The number of aliphatic carboxylic acids is 2. The second-order valence-corrected chi connectivity index (χ2v) is 6.41. The summed E-state index contributed by atoms with van der Waals surface area (Å²) < 4.78 is 0. The van der Waals surface area contributed by atoms with Crippen molar-refractivity contribution in [1.82, 2.24) is 0 Å². The highest BCUT2D eigenvalue weighted by molar-refractivity contribution is 5.66. The molecule has 0 fully saturated rings. The van der Waals surface area contributed by atoms with E-state index in [1.54, 1.807) is 0 Å². The number of hydrogen-bond acceptors (Lipinski definition) is 3. The van der Waals surface area contributed by atoms with E-state index in [1.165, 1.54) is 0 Å². The number of carbonyl (C=O) groups is 2. The van der Waals surface area contributed by atoms with Crippen LogP contribution in [0.25, 0.3) is 0 Å². The van der Waals surface area contributed by atoms with E-state index in [0.717, 1.165) is 70.6 Å². The molecule has 0 rings (SSSR count). The summed E-state index contributed by atoms with van der Waals surface area (Å²) in [5.74, 6) is -1.45. The Bertz CT molecular complexity index is 352. The molecule has 0 bridgehead atoms. The van der Waals surface area contributed by atoms with Crippen LogP contribution in [0.1, 0.15) is 89.9 Å². The number of aliphatic hydroxyl groups excluding tert-OH is 1. The smallest absolute Gasteiger partial charge is 0.303 e. The molecule has 0 spiro atoms. The Kier molecular flexibility index (Phi) is 15.6. The molecule has 0 saturated heterocycles. The first-order chi connectivity index (χ1) is 11.5. The average Bonchev–Trinajstić information content (AvgIpc) is 2.52. The normalized spacial score (nSPS) is 12.5. The number of carboxylic acid groups (broad SMARTS) is 2. The van der Waals surface area contributed by atoms with Crippen LogP contribution in [0.15, 0.2) is 12.2 Å². The molecule has 0 radical (unpaired) electrons. The van der Waals surface area contributed by atoms with Gasteiger partial charge >= 0.3 is 11.9 Å². The SMILES string of the molecule is O=C(O)CCCCCCC/C=C\CC(O)CCCCCCC(=O)O. The van der Waals surface area contributed by atoms with Crippen LogP contribution < -0.4 is 0 Å². The van der Waals surface area contributed by atoms with Gasteiger partial charge in [-0.15, -0.1) is 0 Å². The lowest BCUT2D eigenvalue weighted by Gasteiger charge is -2.07. The minimum atomic E-state index is -0.736. The molecule has 1 atom stereocenters. The molecule has 140 valence electrons. The highest BCUT2D eigenvalue weighted by Crippen LogP contribution is 2.11. The first-order valence-electron chi connectivity index (χ1n) is 9.29. The standard InChI is InChI=1S/C19H34O5/c20-17(14-10-7-8-12-16-19(23)24)13-9-5-3-1-2-4-6-11-15-18(21)22/h5,9,17,20H,1-4,6-8,10-16H2,(H,21,22)(H,23,24)/b9-5-. The molecular formula is C19H34O5. The molecule has 24 heavy (non-hydrogen) atoms. The van der Waals surface area contributed by atoms with E-state index in [-0.39, 0.29) is 18.9 Å². The quantitative estimate of drug-likeness (QED) is 0.266. The fraction of sp³-hybridized carbons (Fsp3) is 0.789. The Morgan fingerprint density at radius 1 is 0.708 bits per heavy atom. The van der Waals surface area contributed by atoms with Crippen molar-refractivity contribution in [2.24, 2.45) is 0 Å². The van der Waals surface area contributed by atoms with Crippen LogP contribution in [-0.4, -0.2) is 33.4 Å². The molecule has 0 heterocycles. The Hall–Kier alpha value is -1.36. The zero-order valence-corrected chi connectivity index (χ0v) is 14.8. The van der Waals surface area contributed by atoms with Crippen molar-refractivity contribution in [3.63, 3.8) is 0 Å². The fourth-order valence-electron chi connectivity index (χ4n) is 2.57. The molecule has 0 aromatic rings. The first kappa shape index (κ1) is 22.6. The molecule has 1 unspecified atom stereocenters. The Balaban J connectivity index is 3.31. The van der Waals surface area contributed by atoms with Gasteiger partial charge in [-0.25, -0.2) is 0 Å². The van der Waals surface area contributed by atoms with Crippen molar-refractivity contribution in [2.45, 2.75) is 96.0 Å². The summed E-state index contributed by atoms with van der Waals surface area (Å²) >= 11 is 0. The van der Waals surface area contributed by atoms with Crippen LogP contribution in [0.5, 0.6) is 0 Å². The minimum Gasteiger partial charge on any atom is -0.481 e. The molecule has 0 aliphatic rings. The second kappa shape index (κ2) is 16.5. The van der Waals surface area contributed by atoms with Crippen LogP contribution in [0.4, 0.5) is 0 Å². The van der Waals surface area contributed by atoms with Crippen molar-refractivity contribution in [2.75, 3.05) is 0 Å². The topological polar surface area (TPSA) is 94.8 Å². The minimum absolute atomic E-state index is 0.241. The van der Waals surface area contributed by atoms with Crippen molar-refractivity contribution in [3.8, 4) is 0 Å². The van der Waals surface area contributed by atoms with E-state index in [9.17, 15) is 14.7 Å². The predicted octanol–water partition coefficient (Wildman–Crippen LogP) is 4.53. The zero-order chi connectivity index (χ0) is 18.0. The van der Waals surface area contributed by atoms with Gasteiger partial charge in [0.1, 0.15) is 0 Å². The number of hydrogen-bond donors (Lipinski definition) is 3. The van der Waals surface area contributed by atoms with Crippen LogP contribution in [-0.2, 0) is 9.59 Å². The lowest BCUT2D eigenvalue weighted by atomic mass is 10.1. The molecule has 0 aromatic carbocycles. The second-order valence-electron chi connectivity index (χ2n) is 6.41. The van der Waals surface area contributed by atoms with Crippen molar-refractivity contribution >= 4 is 11.9 Å². The molecule has 5 nitrogen and oxygen atoms in total. The summed E-state index contributed by atoms with van der Waals surface area (Å²) in [7, 11) is 0. The summed E-state index contributed by atoms with van der Waals surface area (Å²) in [4.78, 5) is 20.7. The van der Waals surface area contributed by atoms with Gasteiger partial charge in [0, 0.05) is 12.8 Å². The molecule has 5 heteroatoms. The van der Waals surface area contributed by atoms with Gasteiger partial charge in [0.15, 0.2) is 0 Å². The number of unbranched alkanes of at least 4 members (excludes halogenated alkanes) is 8. The van der Waals surface area contributed by atoms with Gasteiger partial charge in [-0.1, -0.05) is 50.7 Å². The zero-order valence-electron chi connectivity index (χ0n) is 14.8. The number of aliphatic hydroxyl groups is 1. The molecule has 0 amide bonds. The summed E-state index contributed by atoms with van der Waals surface area (Å²) in [6.45, 7) is 0. The van der Waals surface area contributed by atoms with E-state index in [1.807, 2.05) is 6.08 Å². The molecule has 0 aliphatic heterocycles. The van der Waals surface area contributed by atoms with Crippen LogP contribution >= 0.6 is 0 Å². The molecular weight excluding hydrogens is 308 g/mol. The molecule has 0 saturated carbocycles. The van der Waals surface area contributed by atoms with Gasteiger partial charge in [0.2, 0.25) is 0 Å². The lowest BCUT2D eigenvalue weighted by Crippen LogP contribution is -2.04. The molecule has 3 N–H and O–H groups in total. The Labute approximate surface area is 145 Å². The maximum Gasteiger partial charge on any atom is 0.303 e. The maximum atomic E-state index is 10.4. The van der Waals surface area contributed by atoms with E-state index in [2.05, 4.69) is 6.08 Å². The number of allylic oxidation sites excluding steroid dienone is 1. The summed E-state index contributed by atoms with van der Waals surface area (Å²) in [6.07, 6.45) is 15.5. The van der Waals surface area contributed by atoms with Crippen molar-refractivity contribution < 1.29 is 24.9 Å². The van der Waals surface area contributed by atoms with Crippen molar-refractivity contribution in [3.05, 3.63) is 12.2 Å². The van der Waals surface area contributed by atoms with Crippen LogP contribution in [0.2, 0.25) is 0 Å². The highest BCUT2D eigenvalue weighted by atomic mass is 16.4. The van der Waals surface area contributed by atoms with Crippen molar-refractivity contribution in [1.29, 1.82) is 0 Å². The third-order valence-corrected chi connectivity index (χ3v) is 4.01. The first-order valence-corrected chi connectivity index (χ1v) is 9.29. The van der Waals surface area contributed by atoms with Gasteiger partial charge in [0.05, 0.1) is 6.10 Å². The average molecular weight is 342 g/mol. The molecule has 0 aromatic heterocycles. The third kappa shape index (κ3) is 18.7. The van der Waals surface area contributed by atoms with Gasteiger partial charge in [0.25, 0.3) is 0 Å². The van der Waals surface area contributed by atoms with E-state index < -0.39 is 11.9 Å². The van der Waals surface area contributed by atoms with Crippen LogP contribution in [0, 0.1) is 0 Å². The monoisotopic (exact) mass is 342 g/mol. The number of rotatable bonds is 17. The third-order valence-electron chi connectivity index (χ3n) is 4.01. The molecule has 0 aliphatic carbocycles. The Morgan fingerprint density at radius 3 is 1.79 bits per heavy atom. The van der Waals surface area contributed by atoms with E-state index in [4.69, 9.17) is 10.2 Å². The van der Waals surface area contributed by atoms with Gasteiger partial charge in [-0.2, -0.15) is 0 Å². The fourth-order valence-corrected chi connectivity index (χ4v) is 2.57. The maximum absolute atomic E-state index is 10.4. The Morgan fingerprint density at radius 2 is 1.21 bits per heavy atom. The summed E-state index contributed by atoms with van der Waals surface area (Å²) in [6, 6.07) is 0. The highest BCUT2D eigenvalue weighted by Gasteiger charge is 2.02. The van der Waals surface area contributed by atoms with Gasteiger partial charge < -0.3 is 15.3 Å². The predicted molar refractivity (Wildman–Crippen MR) is 95.1 cm³/mol. The van der Waals surface area contributed by atoms with E-state index in [0.29, 0.717) is 6.42 Å². The number of carboxylic acids is 2. The van der Waals surface area contributed by atoms with Gasteiger partial charge in [-0.05, 0) is 38.5 Å². The lowest BCUT2D eigenvalue weighted by molar-refractivity contribution is -0.138.